The maximum absolute atomic E-state index is 12.2. The summed E-state index contributed by atoms with van der Waals surface area (Å²) in [6.07, 6.45) is 1.59. The van der Waals surface area contributed by atoms with Crippen LogP contribution in [-0.4, -0.2) is 30.9 Å². The van der Waals surface area contributed by atoms with Gasteiger partial charge in [-0.2, -0.15) is 20.0 Å². The van der Waals surface area contributed by atoms with Crippen LogP contribution < -0.4 is 5.56 Å². The number of nitrogens with zero attached hydrogens (tertiary/aromatic N) is 5. The molecule has 0 fully saturated rings. The van der Waals surface area contributed by atoms with Crippen molar-refractivity contribution in [1.82, 2.24) is 24.7 Å². The average molecular weight is 465 g/mol. The van der Waals surface area contributed by atoms with Crippen LogP contribution in [0.2, 0.25) is 0 Å². The fourth-order valence-corrected chi connectivity index (χ4v) is 3.72. The van der Waals surface area contributed by atoms with Crippen LogP contribution in [0, 0.1) is 11.7 Å². The third-order valence-electron chi connectivity index (χ3n) is 5.32. The minimum absolute atomic E-state index is 0.140. The lowest BCUT2D eigenvalue weighted by atomic mass is 10.1. The summed E-state index contributed by atoms with van der Waals surface area (Å²) in [4.78, 5) is 12.2. The standard InChI is InChI=1S/C26H20N6OS/c1-18-25(33)32(26(34)29-28-18)27-17-19-12-14-22(15-13-19)31-24(21-10-6-3-7-11-21)16-23(30-31)20-8-4-2-5-9-20/h2-17H,1H3,(H,29,34)/b27-17-. The van der Waals surface area contributed by atoms with Gasteiger partial charge < -0.3 is 0 Å². The van der Waals surface area contributed by atoms with Gasteiger partial charge in [0, 0.05) is 11.1 Å². The van der Waals surface area contributed by atoms with E-state index < -0.39 is 0 Å². The summed E-state index contributed by atoms with van der Waals surface area (Å²) >= 11 is 5.12. The third kappa shape index (κ3) is 4.26. The van der Waals surface area contributed by atoms with Gasteiger partial charge in [0.05, 0.1) is 23.3 Å². The topological polar surface area (TPSA) is 80.9 Å². The smallest absolute Gasteiger partial charge is 0.265 e. The van der Waals surface area contributed by atoms with Gasteiger partial charge in [-0.3, -0.25) is 9.89 Å². The van der Waals surface area contributed by atoms with Crippen molar-refractivity contribution in [3.63, 3.8) is 0 Å². The van der Waals surface area contributed by atoms with E-state index in [1.54, 1.807) is 13.1 Å². The first-order chi connectivity index (χ1) is 16.6. The minimum Gasteiger partial charge on any atom is -0.265 e. The van der Waals surface area contributed by atoms with Crippen molar-refractivity contribution in [2.75, 3.05) is 0 Å². The molecule has 0 aliphatic rings. The molecule has 1 N–H and O–H groups in total. The number of aromatic amines is 1. The van der Waals surface area contributed by atoms with Crippen molar-refractivity contribution in [2.24, 2.45) is 5.10 Å². The van der Waals surface area contributed by atoms with Crippen LogP contribution in [0.3, 0.4) is 0 Å². The third-order valence-corrected chi connectivity index (χ3v) is 5.59. The number of nitrogens with one attached hydrogen (secondary N) is 1. The van der Waals surface area contributed by atoms with Gasteiger partial charge in [0.2, 0.25) is 4.77 Å². The van der Waals surface area contributed by atoms with Crippen molar-refractivity contribution < 1.29 is 0 Å². The summed E-state index contributed by atoms with van der Waals surface area (Å²) in [7, 11) is 0. The number of rotatable bonds is 5. The van der Waals surface area contributed by atoms with E-state index in [1.165, 1.54) is 0 Å². The number of aryl methyl sites for hydroxylation is 1. The van der Waals surface area contributed by atoms with Crippen molar-refractivity contribution in [1.29, 1.82) is 0 Å². The van der Waals surface area contributed by atoms with E-state index in [2.05, 4.69) is 45.6 Å². The first kappa shape index (κ1) is 21.4. The quantitative estimate of drug-likeness (QED) is 0.293. The molecule has 2 aromatic heterocycles. The van der Waals surface area contributed by atoms with E-state index in [4.69, 9.17) is 17.3 Å². The van der Waals surface area contributed by atoms with Gasteiger partial charge in [0.25, 0.3) is 5.56 Å². The Kier molecular flexibility index (Phi) is 5.80. The number of hydrogen-bond donors (Lipinski definition) is 1. The minimum atomic E-state index is -0.353. The van der Waals surface area contributed by atoms with E-state index >= 15 is 0 Å². The summed E-state index contributed by atoms with van der Waals surface area (Å²) in [5, 5.41) is 15.6. The zero-order chi connectivity index (χ0) is 23.5. The normalized spacial score (nSPS) is 11.2. The lowest BCUT2D eigenvalue weighted by molar-refractivity contribution is 0.720. The maximum Gasteiger partial charge on any atom is 0.296 e. The zero-order valence-electron chi connectivity index (χ0n) is 18.3. The summed E-state index contributed by atoms with van der Waals surface area (Å²) in [5.41, 5.74) is 5.68. The molecule has 0 aliphatic carbocycles. The molecule has 34 heavy (non-hydrogen) atoms. The molecule has 166 valence electrons. The van der Waals surface area contributed by atoms with E-state index in [9.17, 15) is 4.79 Å². The Bertz CT molecular complexity index is 1580. The SMILES string of the molecule is Cc1n[nH]c(=S)n(/N=C\c2ccc(-n3nc(-c4ccccc4)cc3-c3ccccc3)cc2)c1=O. The highest BCUT2D eigenvalue weighted by atomic mass is 32.1. The fourth-order valence-electron chi connectivity index (χ4n) is 3.55. The van der Waals surface area contributed by atoms with Crippen LogP contribution in [0.4, 0.5) is 0 Å². The molecule has 0 spiro atoms. The molecule has 8 heteroatoms. The molecule has 0 radical (unpaired) electrons. The molecule has 0 amide bonds. The van der Waals surface area contributed by atoms with Crippen molar-refractivity contribution in [2.45, 2.75) is 6.92 Å². The van der Waals surface area contributed by atoms with Gasteiger partial charge in [0.1, 0.15) is 5.69 Å². The van der Waals surface area contributed by atoms with Crippen LogP contribution in [0.25, 0.3) is 28.2 Å². The lowest BCUT2D eigenvalue weighted by Crippen LogP contribution is -2.22. The monoisotopic (exact) mass is 464 g/mol. The van der Waals surface area contributed by atoms with Gasteiger partial charge in [-0.25, -0.2) is 4.68 Å². The van der Waals surface area contributed by atoms with E-state index in [1.807, 2.05) is 65.3 Å². The van der Waals surface area contributed by atoms with Crippen molar-refractivity contribution >= 4 is 18.4 Å². The Morgan fingerprint density at radius 1 is 0.912 bits per heavy atom. The molecule has 0 atom stereocenters. The Morgan fingerprint density at radius 2 is 1.56 bits per heavy atom. The highest BCUT2D eigenvalue weighted by Crippen LogP contribution is 2.28. The Morgan fingerprint density at radius 3 is 2.24 bits per heavy atom. The van der Waals surface area contributed by atoms with Crippen molar-refractivity contribution in [3.05, 3.63) is 117 Å². The van der Waals surface area contributed by atoms with Gasteiger partial charge >= 0.3 is 0 Å². The van der Waals surface area contributed by atoms with Gasteiger partial charge in [0.15, 0.2) is 0 Å². The molecule has 5 rings (SSSR count). The molecule has 0 bridgehead atoms. The Labute approximate surface area is 200 Å². The second-order valence-corrected chi connectivity index (χ2v) is 8.01. The largest absolute Gasteiger partial charge is 0.296 e. The Hall–Kier alpha value is -4.43. The van der Waals surface area contributed by atoms with Crippen LogP contribution in [0.1, 0.15) is 11.3 Å². The van der Waals surface area contributed by atoms with Gasteiger partial charge in [-0.1, -0.05) is 72.8 Å². The lowest BCUT2D eigenvalue weighted by Gasteiger charge is -2.08. The molecular weight excluding hydrogens is 444 g/mol. The maximum atomic E-state index is 12.2. The van der Waals surface area contributed by atoms with Crippen molar-refractivity contribution in [3.8, 4) is 28.2 Å². The van der Waals surface area contributed by atoms with Gasteiger partial charge in [-0.05, 0) is 42.9 Å². The predicted octanol–water partition coefficient (Wildman–Crippen LogP) is 5.01. The average Bonchev–Trinajstić information content (AvgIpc) is 3.33. The van der Waals surface area contributed by atoms with Crippen LogP contribution >= 0.6 is 12.2 Å². The van der Waals surface area contributed by atoms with E-state index in [0.717, 1.165) is 38.4 Å². The summed E-state index contributed by atoms with van der Waals surface area (Å²) in [5.74, 6) is 0. The summed E-state index contributed by atoms with van der Waals surface area (Å²) < 4.78 is 3.20. The molecule has 7 nitrogen and oxygen atoms in total. The molecule has 5 aromatic rings. The summed E-state index contributed by atoms with van der Waals surface area (Å²) in [6, 6.07) is 30.2. The summed E-state index contributed by atoms with van der Waals surface area (Å²) in [6.45, 7) is 1.60. The van der Waals surface area contributed by atoms with Crippen LogP contribution in [0.15, 0.2) is 101 Å². The molecule has 0 unspecified atom stereocenters. The molecule has 0 saturated heterocycles. The first-order valence-electron chi connectivity index (χ1n) is 10.6. The number of H-pyrrole nitrogens is 1. The highest BCUT2D eigenvalue weighted by molar-refractivity contribution is 7.71. The highest BCUT2D eigenvalue weighted by Gasteiger charge is 2.13. The zero-order valence-corrected chi connectivity index (χ0v) is 19.1. The number of hydrogen-bond acceptors (Lipinski definition) is 5. The molecule has 0 saturated carbocycles. The fraction of sp³-hybridized carbons (Fsp3) is 0.0385. The molecule has 2 heterocycles. The van der Waals surface area contributed by atoms with Gasteiger partial charge in [-0.15, -0.1) is 0 Å². The van der Waals surface area contributed by atoms with E-state index in [0.29, 0.717) is 5.69 Å². The second-order valence-electron chi connectivity index (χ2n) is 7.63. The Balaban J connectivity index is 1.52. The van der Waals surface area contributed by atoms with E-state index in [-0.39, 0.29) is 10.3 Å². The van der Waals surface area contributed by atoms with Crippen LogP contribution in [-0.2, 0) is 0 Å². The molecular formula is C26H20N6OS. The van der Waals surface area contributed by atoms with Crippen LogP contribution in [0.5, 0.6) is 0 Å². The number of aromatic nitrogens is 5. The second kappa shape index (κ2) is 9.21. The molecule has 0 aliphatic heterocycles. The first-order valence-corrected chi connectivity index (χ1v) is 11.0. The predicted molar refractivity (Wildman–Crippen MR) is 136 cm³/mol. The molecule has 3 aromatic carbocycles. The number of benzene rings is 3.